The number of amides is 1. The van der Waals surface area contributed by atoms with Crippen molar-refractivity contribution in [1.82, 2.24) is 5.32 Å². The molecule has 0 spiro atoms. The van der Waals surface area contributed by atoms with E-state index in [1.165, 1.54) is 31.3 Å². The third kappa shape index (κ3) is 6.57. The summed E-state index contributed by atoms with van der Waals surface area (Å²) >= 11 is 0. The van der Waals surface area contributed by atoms with Crippen LogP contribution in [0.5, 0.6) is 5.75 Å². The summed E-state index contributed by atoms with van der Waals surface area (Å²) in [6, 6.07) is 17.5. The molecular formula is C23H28N2O2. The molecule has 2 N–H and O–H groups in total. The van der Waals surface area contributed by atoms with Gasteiger partial charge in [-0.1, -0.05) is 54.1 Å². The SMILES string of the molecule is O=C(CNCCC1=CCCCC1)Nc1ccccc1OCc1ccccc1. The predicted octanol–water partition coefficient (Wildman–Crippen LogP) is 4.68. The summed E-state index contributed by atoms with van der Waals surface area (Å²) in [4.78, 5) is 12.2. The van der Waals surface area contributed by atoms with Gasteiger partial charge >= 0.3 is 0 Å². The van der Waals surface area contributed by atoms with Gasteiger partial charge in [0.1, 0.15) is 12.4 Å². The van der Waals surface area contributed by atoms with E-state index in [1.807, 2.05) is 54.6 Å². The molecule has 0 saturated heterocycles. The topological polar surface area (TPSA) is 50.4 Å². The van der Waals surface area contributed by atoms with Crippen molar-refractivity contribution >= 4 is 11.6 Å². The first-order valence-electron chi connectivity index (χ1n) is 9.75. The quantitative estimate of drug-likeness (QED) is 0.501. The molecule has 0 aromatic heterocycles. The maximum atomic E-state index is 12.2. The molecule has 3 rings (SSSR count). The molecule has 0 bridgehead atoms. The first-order valence-corrected chi connectivity index (χ1v) is 9.75. The van der Waals surface area contributed by atoms with E-state index in [-0.39, 0.29) is 5.91 Å². The van der Waals surface area contributed by atoms with E-state index >= 15 is 0 Å². The Morgan fingerprint density at radius 3 is 2.63 bits per heavy atom. The highest BCUT2D eigenvalue weighted by Gasteiger charge is 2.08. The Balaban J connectivity index is 1.44. The van der Waals surface area contributed by atoms with Crippen LogP contribution in [-0.2, 0) is 11.4 Å². The van der Waals surface area contributed by atoms with Gasteiger partial charge in [-0.05, 0) is 56.3 Å². The van der Waals surface area contributed by atoms with Gasteiger partial charge in [0.2, 0.25) is 5.91 Å². The number of nitrogens with one attached hydrogen (secondary N) is 2. The molecule has 2 aromatic carbocycles. The van der Waals surface area contributed by atoms with E-state index in [4.69, 9.17) is 4.74 Å². The summed E-state index contributed by atoms with van der Waals surface area (Å²) < 4.78 is 5.89. The van der Waals surface area contributed by atoms with Gasteiger partial charge in [-0.15, -0.1) is 0 Å². The number of benzene rings is 2. The maximum absolute atomic E-state index is 12.2. The minimum absolute atomic E-state index is 0.0524. The Bertz CT molecular complexity index is 756. The summed E-state index contributed by atoms with van der Waals surface area (Å²) in [5, 5.41) is 6.18. The van der Waals surface area contributed by atoms with Gasteiger partial charge in [0.25, 0.3) is 0 Å². The molecule has 1 amide bonds. The van der Waals surface area contributed by atoms with Gasteiger partial charge in [-0.3, -0.25) is 4.79 Å². The second-order valence-corrected chi connectivity index (χ2v) is 6.85. The first-order chi connectivity index (χ1) is 13.3. The number of carbonyl (C=O) groups excluding carboxylic acids is 1. The molecule has 0 heterocycles. The third-order valence-corrected chi connectivity index (χ3v) is 4.69. The molecular weight excluding hydrogens is 336 g/mol. The van der Waals surface area contributed by atoms with Gasteiger partial charge in [0, 0.05) is 0 Å². The molecule has 142 valence electrons. The minimum Gasteiger partial charge on any atom is -0.487 e. The number of allylic oxidation sites excluding steroid dienone is 1. The fourth-order valence-electron chi connectivity index (χ4n) is 3.21. The summed E-state index contributed by atoms with van der Waals surface area (Å²) in [6.45, 7) is 1.62. The smallest absolute Gasteiger partial charge is 0.238 e. The van der Waals surface area contributed by atoms with Crippen molar-refractivity contribution in [2.24, 2.45) is 0 Å². The molecule has 0 saturated carbocycles. The molecule has 27 heavy (non-hydrogen) atoms. The average molecular weight is 364 g/mol. The van der Waals surface area contributed by atoms with E-state index in [0.717, 1.165) is 18.5 Å². The van der Waals surface area contributed by atoms with Crippen LogP contribution in [0.4, 0.5) is 5.69 Å². The van der Waals surface area contributed by atoms with Crippen molar-refractivity contribution in [3.05, 3.63) is 71.8 Å². The van der Waals surface area contributed by atoms with Crippen LogP contribution >= 0.6 is 0 Å². The molecule has 4 heteroatoms. The Morgan fingerprint density at radius 2 is 1.81 bits per heavy atom. The van der Waals surface area contributed by atoms with Crippen molar-refractivity contribution in [2.45, 2.75) is 38.7 Å². The second-order valence-electron chi connectivity index (χ2n) is 6.85. The van der Waals surface area contributed by atoms with Crippen LogP contribution in [-0.4, -0.2) is 19.0 Å². The van der Waals surface area contributed by atoms with Gasteiger partial charge in [-0.2, -0.15) is 0 Å². The van der Waals surface area contributed by atoms with E-state index in [0.29, 0.717) is 24.6 Å². The molecule has 1 aliphatic carbocycles. The van der Waals surface area contributed by atoms with Crippen molar-refractivity contribution in [3.63, 3.8) is 0 Å². The lowest BCUT2D eigenvalue weighted by Crippen LogP contribution is -2.29. The van der Waals surface area contributed by atoms with Crippen LogP contribution in [0.2, 0.25) is 0 Å². The molecule has 0 fully saturated rings. The Kier molecular flexibility index (Phi) is 7.48. The molecule has 0 aliphatic heterocycles. The predicted molar refractivity (Wildman–Crippen MR) is 110 cm³/mol. The lowest BCUT2D eigenvalue weighted by molar-refractivity contribution is -0.115. The van der Waals surface area contributed by atoms with Crippen molar-refractivity contribution in [1.29, 1.82) is 0 Å². The highest BCUT2D eigenvalue weighted by molar-refractivity contribution is 5.93. The number of hydrogen-bond acceptors (Lipinski definition) is 3. The highest BCUT2D eigenvalue weighted by Crippen LogP contribution is 2.24. The fourth-order valence-corrected chi connectivity index (χ4v) is 3.21. The monoisotopic (exact) mass is 364 g/mol. The summed E-state index contributed by atoms with van der Waals surface area (Å²) in [7, 11) is 0. The Labute approximate surface area is 161 Å². The molecule has 4 nitrogen and oxygen atoms in total. The fraction of sp³-hybridized carbons (Fsp3) is 0.348. The molecule has 0 radical (unpaired) electrons. The van der Waals surface area contributed by atoms with Crippen LogP contribution in [0, 0.1) is 0 Å². The number of hydrogen-bond donors (Lipinski definition) is 2. The van der Waals surface area contributed by atoms with Gasteiger partial charge in [0.05, 0.1) is 12.2 Å². The first kappa shape index (κ1) is 19.2. The minimum atomic E-state index is -0.0524. The van der Waals surface area contributed by atoms with Gasteiger partial charge < -0.3 is 15.4 Å². The number of rotatable bonds is 9. The Hall–Kier alpha value is -2.59. The zero-order chi connectivity index (χ0) is 18.7. The molecule has 1 aliphatic rings. The van der Waals surface area contributed by atoms with Crippen molar-refractivity contribution in [2.75, 3.05) is 18.4 Å². The van der Waals surface area contributed by atoms with Crippen LogP contribution in [0.15, 0.2) is 66.2 Å². The van der Waals surface area contributed by atoms with Crippen LogP contribution in [0.3, 0.4) is 0 Å². The zero-order valence-corrected chi connectivity index (χ0v) is 15.7. The number of anilines is 1. The summed E-state index contributed by atoms with van der Waals surface area (Å²) in [6.07, 6.45) is 8.41. The van der Waals surface area contributed by atoms with E-state index in [2.05, 4.69) is 16.7 Å². The molecule has 2 aromatic rings. The molecule has 0 unspecified atom stereocenters. The summed E-state index contributed by atoms with van der Waals surface area (Å²) in [5.74, 6) is 0.630. The standard InChI is InChI=1S/C23H28N2O2/c26-23(17-24-16-15-19-9-3-1-4-10-19)25-21-13-7-8-14-22(21)27-18-20-11-5-2-6-12-20/h2,5-9,11-14,24H,1,3-4,10,15-18H2,(H,25,26). The van der Waals surface area contributed by atoms with Crippen LogP contribution < -0.4 is 15.4 Å². The summed E-state index contributed by atoms with van der Waals surface area (Å²) in [5.41, 5.74) is 3.32. The van der Waals surface area contributed by atoms with E-state index in [9.17, 15) is 4.79 Å². The van der Waals surface area contributed by atoms with Crippen molar-refractivity contribution < 1.29 is 9.53 Å². The maximum Gasteiger partial charge on any atom is 0.238 e. The van der Waals surface area contributed by atoms with E-state index < -0.39 is 0 Å². The van der Waals surface area contributed by atoms with Gasteiger partial charge in [0.15, 0.2) is 0 Å². The normalized spacial score (nSPS) is 13.7. The largest absolute Gasteiger partial charge is 0.487 e. The average Bonchev–Trinajstić information content (AvgIpc) is 2.72. The lowest BCUT2D eigenvalue weighted by atomic mass is 9.97. The Morgan fingerprint density at radius 1 is 1.00 bits per heavy atom. The number of para-hydroxylation sites is 2. The van der Waals surface area contributed by atoms with Crippen LogP contribution in [0.25, 0.3) is 0 Å². The van der Waals surface area contributed by atoms with Gasteiger partial charge in [-0.25, -0.2) is 0 Å². The highest BCUT2D eigenvalue weighted by atomic mass is 16.5. The van der Waals surface area contributed by atoms with E-state index in [1.54, 1.807) is 0 Å². The number of carbonyl (C=O) groups is 1. The van der Waals surface area contributed by atoms with Crippen molar-refractivity contribution in [3.8, 4) is 5.75 Å². The zero-order valence-electron chi connectivity index (χ0n) is 15.7. The molecule has 0 atom stereocenters. The third-order valence-electron chi connectivity index (χ3n) is 4.69. The lowest BCUT2D eigenvalue weighted by Gasteiger charge is -2.14. The number of ether oxygens (including phenoxy) is 1. The second kappa shape index (κ2) is 10.5. The van der Waals surface area contributed by atoms with Crippen LogP contribution in [0.1, 0.15) is 37.7 Å².